The molecule has 2 aromatic heterocycles. The Balaban J connectivity index is 1.88. The van der Waals surface area contributed by atoms with Crippen LogP contribution in [0.1, 0.15) is 43.9 Å². The average Bonchev–Trinajstić information content (AvgIpc) is 2.90. The molecule has 0 aromatic carbocycles. The molecule has 1 saturated carbocycles. The highest BCUT2D eigenvalue weighted by molar-refractivity contribution is 7.18. The summed E-state index contributed by atoms with van der Waals surface area (Å²) in [5.41, 5.74) is 0. The number of hydrogen-bond acceptors (Lipinski definition) is 4. The first-order chi connectivity index (χ1) is 10.2. The van der Waals surface area contributed by atoms with E-state index in [1.165, 1.54) is 37.0 Å². The number of anilines is 1. The van der Waals surface area contributed by atoms with Gasteiger partial charge in [0.25, 0.3) is 0 Å². The molecule has 1 aliphatic rings. The van der Waals surface area contributed by atoms with Gasteiger partial charge in [-0.1, -0.05) is 26.2 Å². The maximum Gasteiger partial charge on any atom is 0.225 e. The molecule has 1 aliphatic carbocycles. The first kappa shape index (κ1) is 15.0. The van der Waals surface area contributed by atoms with E-state index in [0.29, 0.717) is 5.28 Å². The molecular weight excluding hydrogens is 302 g/mol. The predicted octanol–water partition coefficient (Wildman–Crippen LogP) is 4.92. The van der Waals surface area contributed by atoms with Crippen LogP contribution < -0.4 is 4.90 Å². The van der Waals surface area contributed by atoms with Crippen molar-refractivity contribution >= 4 is 39.0 Å². The minimum absolute atomic E-state index is 0.359. The molecule has 0 bridgehead atoms. The van der Waals surface area contributed by atoms with Gasteiger partial charge in [0, 0.05) is 18.5 Å². The van der Waals surface area contributed by atoms with Crippen LogP contribution in [0, 0.1) is 5.92 Å². The van der Waals surface area contributed by atoms with Crippen LogP contribution in [-0.2, 0) is 6.42 Å². The van der Waals surface area contributed by atoms with Crippen molar-refractivity contribution in [2.45, 2.75) is 45.4 Å². The Labute approximate surface area is 135 Å². The third-order valence-electron chi connectivity index (χ3n) is 4.36. The van der Waals surface area contributed by atoms with Gasteiger partial charge < -0.3 is 4.90 Å². The molecule has 0 N–H and O–H groups in total. The van der Waals surface area contributed by atoms with Crippen LogP contribution in [0.3, 0.4) is 0 Å². The molecular formula is C16H22ClN3S. The normalized spacial score (nSPS) is 16.5. The summed E-state index contributed by atoms with van der Waals surface area (Å²) in [6.45, 7) is 3.24. The van der Waals surface area contributed by atoms with E-state index >= 15 is 0 Å². The lowest BCUT2D eigenvalue weighted by atomic mass is 9.89. The first-order valence-corrected chi connectivity index (χ1v) is 9.04. The highest BCUT2D eigenvalue weighted by Gasteiger charge is 2.19. The number of hydrogen-bond donors (Lipinski definition) is 0. The van der Waals surface area contributed by atoms with Gasteiger partial charge >= 0.3 is 0 Å². The Hall–Kier alpha value is -0.870. The topological polar surface area (TPSA) is 29.0 Å². The Kier molecular flexibility index (Phi) is 4.65. The highest BCUT2D eigenvalue weighted by atomic mass is 35.5. The fourth-order valence-corrected chi connectivity index (χ4v) is 4.42. The molecule has 0 aliphatic heterocycles. The summed E-state index contributed by atoms with van der Waals surface area (Å²) in [6, 6.07) is 2.23. The van der Waals surface area contributed by atoms with Gasteiger partial charge in [-0.25, -0.2) is 4.98 Å². The molecule has 1 fully saturated rings. The lowest BCUT2D eigenvalue weighted by Gasteiger charge is -2.28. The predicted molar refractivity (Wildman–Crippen MR) is 91.6 cm³/mol. The summed E-state index contributed by atoms with van der Waals surface area (Å²) >= 11 is 7.85. The van der Waals surface area contributed by atoms with E-state index in [4.69, 9.17) is 11.6 Å². The monoisotopic (exact) mass is 323 g/mol. The van der Waals surface area contributed by atoms with E-state index in [2.05, 4.69) is 34.9 Å². The van der Waals surface area contributed by atoms with E-state index in [1.54, 1.807) is 11.3 Å². The number of rotatable bonds is 4. The van der Waals surface area contributed by atoms with Crippen molar-refractivity contribution in [1.82, 2.24) is 9.97 Å². The summed E-state index contributed by atoms with van der Waals surface area (Å²) in [4.78, 5) is 13.5. The molecule has 3 nitrogen and oxygen atoms in total. The van der Waals surface area contributed by atoms with Gasteiger partial charge in [0.1, 0.15) is 10.6 Å². The number of fused-ring (bicyclic) bond motifs is 1. The van der Waals surface area contributed by atoms with E-state index in [0.717, 1.165) is 34.9 Å². The third-order valence-corrected chi connectivity index (χ3v) is 5.71. The minimum Gasteiger partial charge on any atom is -0.359 e. The highest BCUT2D eigenvalue weighted by Crippen LogP contribution is 2.33. The lowest BCUT2D eigenvalue weighted by Crippen LogP contribution is -2.27. The Morgan fingerprint density at radius 3 is 2.76 bits per heavy atom. The fraction of sp³-hybridized carbons (Fsp3) is 0.625. The Bertz CT molecular complexity index is 619. The maximum absolute atomic E-state index is 6.12. The number of aryl methyl sites for hydroxylation is 1. The van der Waals surface area contributed by atoms with Gasteiger partial charge in [-0.3, -0.25) is 0 Å². The average molecular weight is 324 g/mol. The summed E-state index contributed by atoms with van der Waals surface area (Å²) in [5, 5.41) is 1.51. The second-order valence-corrected chi connectivity index (χ2v) is 7.44. The molecule has 2 heterocycles. The van der Waals surface area contributed by atoms with E-state index in [9.17, 15) is 0 Å². The molecule has 0 unspecified atom stereocenters. The van der Waals surface area contributed by atoms with Crippen molar-refractivity contribution in [1.29, 1.82) is 0 Å². The van der Waals surface area contributed by atoms with Gasteiger partial charge in [0.15, 0.2) is 0 Å². The molecule has 5 heteroatoms. The smallest absolute Gasteiger partial charge is 0.225 e. The largest absolute Gasteiger partial charge is 0.359 e. The second-order valence-electron chi connectivity index (χ2n) is 5.99. The van der Waals surface area contributed by atoms with Crippen LogP contribution in [0.5, 0.6) is 0 Å². The molecule has 0 amide bonds. The summed E-state index contributed by atoms with van der Waals surface area (Å²) < 4.78 is 0. The third kappa shape index (κ3) is 3.32. The Morgan fingerprint density at radius 2 is 2.05 bits per heavy atom. The van der Waals surface area contributed by atoms with Gasteiger partial charge in [-0.2, -0.15) is 4.98 Å². The Morgan fingerprint density at radius 1 is 1.29 bits per heavy atom. The van der Waals surface area contributed by atoms with Gasteiger partial charge in [-0.15, -0.1) is 11.3 Å². The molecule has 3 rings (SSSR count). The number of halogens is 1. The number of thiophene rings is 1. The standard InChI is InChI=1S/C16H22ClN3S/c1-3-12-9-13-14(18-16(17)19-15(13)21-12)20(2)10-11-7-5-4-6-8-11/h9,11H,3-8,10H2,1-2H3. The summed E-state index contributed by atoms with van der Waals surface area (Å²) in [6.07, 6.45) is 7.86. The van der Waals surface area contributed by atoms with Crippen molar-refractivity contribution in [3.63, 3.8) is 0 Å². The SMILES string of the molecule is CCc1cc2c(N(C)CC3CCCCC3)nc(Cl)nc2s1. The first-order valence-electron chi connectivity index (χ1n) is 7.84. The zero-order valence-corrected chi connectivity index (χ0v) is 14.3. The maximum atomic E-state index is 6.12. The van der Waals surface area contributed by atoms with Gasteiger partial charge in [0.05, 0.1) is 5.39 Å². The van der Waals surface area contributed by atoms with Gasteiger partial charge in [0.2, 0.25) is 5.28 Å². The zero-order valence-electron chi connectivity index (χ0n) is 12.7. The van der Waals surface area contributed by atoms with E-state index in [-0.39, 0.29) is 0 Å². The van der Waals surface area contributed by atoms with Crippen LogP contribution in [0.4, 0.5) is 5.82 Å². The zero-order chi connectivity index (χ0) is 14.8. The molecule has 0 atom stereocenters. The molecule has 114 valence electrons. The minimum atomic E-state index is 0.359. The lowest BCUT2D eigenvalue weighted by molar-refractivity contribution is 0.362. The fourth-order valence-electron chi connectivity index (χ4n) is 3.24. The van der Waals surface area contributed by atoms with Crippen molar-refractivity contribution < 1.29 is 0 Å². The van der Waals surface area contributed by atoms with E-state index < -0.39 is 0 Å². The number of aromatic nitrogens is 2. The van der Waals surface area contributed by atoms with Crippen LogP contribution in [0.15, 0.2) is 6.07 Å². The van der Waals surface area contributed by atoms with Crippen LogP contribution in [-0.4, -0.2) is 23.6 Å². The number of nitrogens with zero attached hydrogens (tertiary/aromatic N) is 3. The quantitative estimate of drug-likeness (QED) is 0.747. The second kappa shape index (κ2) is 6.49. The van der Waals surface area contributed by atoms with Crippen LogP contribution >= 0.6 is 22.9 Å². The molecule has 0 spiro atoms. The molecule has 2 aromatic rings. The van der Waals surface area contributed by atoms with Crippen molar-refractivity contribution in [2.24, 2.45) is 5.92 Å². The van der Waals surface area contributed by atoms with E-state index in [1.807, 2.05) is 0 Å². The van der Waals surface area contributed by atoms with Gasteiger partial charge in [-0.05, 0) is 42.8 Å². The summed E-state index contributed by atoms with van der Waals surface area (Å²) in [5.74, 6) is 1.78. The van der Waals surface area contributed by atoms with Crippen LogP contribution in [0.2, 0.25) is 5.28 Å². The molecule has 0 saturated heterocycles. The summed E-state index contributed by atoms with van der Waals surface area (Å²) in [7, 11) is 2.13. The van der Waals surface area contributed by atoms with Crippen molar-refractivity contribution in [3.05, 3.63) is 16.2 Å². The molecule has 0 radical (unpaired) electrons. The van der Waals surface area contributed by atoms with Crippen molar-refractivity contribution in [2.75, 3.05) is 18.5 Å². The van der Waals surface area contributed by atoms with Crippen molar-refractivity contribution in [3.8, 4) is 0 Å². The van der Waals surface area contributed by atoms with Crippen LogP contribution in [0.25, 0.3) is 10.2 Å². The molecule has 21 heavy (non-hydrogen) atoms.